The first-order chi connectivity index (χ1) is 7.53. The molecule has 3 heteroatoms. The van der Waals surface area contributed by atoms with Crippen LogP contribution in [0.25, 0.3) is 0 Å². The Morgan fingerprint density at radius 1 is 1.31 bits per heavy atom. The smallest absolute Gasteiger partial charge is 0.123 e. The topological polar surface area (TPSA) is 61.3 Å². The van der Waals surface area contributed by atoms with Crippen molar-refractivity contribution in [3.63, 3.8) is 0 Å². The van der Waals surface area contributed by atoms with Crippen LogP contribution in [-0.2, 0) is 0 Å². The molecular formula is C13H22N2O. The van der Waals surface area contributed by atoms with Gasteiger partial charge in [0.25, 0.3) is 0 Å². The molecule has 1 rings (SSSR count). The van der Waals surface area contributed by atoms with E-state index in [1.807, 2.05) is 24.3 Å². The predicted molar refractivity (Wildman–Crippen MR) is 67.4 cm³/mol. The summed E-state index contributed by atoms with van der Waals surface area (Å²) in [5, 5.41) is 0. The first-order valence-corrected chi connectivity index (χ1v) is 5.61. The Balaban J connectivity index is 2.99. The normalized spacial score (nSPS) is 13.6. The Morgan fingerprint density at radius 2 is 1.94 bits per heavy atom. The Kier molecular flexibility index (Phi) is 4.33. The lowest BCUT2D eigenvalue weighted by Gasteiger charge is -2.32. The number of rotatable bonds is 5. The summed E-state index contributed by atoms with van der Waals surface area (Å²) in [7, 11) is 1.67. The Labute approximate surface area is 97.8 Å². The highest BCUT2D eigenvalue weighted by molar-refractivity contribution is 5.36. The van der Waals surface area contributed by atoms with Crippen molar-refractivity contribution in [2.45, 2.75) is 26.3 Å². The minimum atomic E-state index is -0.0628. The first-order valence-electron chi connectivity index (χ1n) is 5.61. The van der Waals surface area contributed by atoms with Crippen molar-refractivity contribution in [1.82, 2.24) is 0 Å². The maximum atomic E-state index is 6.30. The number of hydrogen-bond donors (Lipinski definition) is 2. The zero-order chi connectivity index (χ0) is 12.2. The maximum absolute atomic E-state index is 6.30. The van der Waals surface area contributed by atoms with Crippen molar-refractivity contribution < 1.29 is 4.74 Å². The molecule has 16 heavy (non-hydrogen) atoms. The van der Waals surface area contributed by atoms with Crippen LogP contribution in [0.15, 0.2) is 24.3 Å². The molecule has 1 unspecified atom stereocenters. The molecule has 4 N–H and O–H groups in total. The minimum Gasteiger partial charge on any atom is -0.496 e. The summed E-state index contributed by atoms with van der Waals surface area (Å²) in [5.41, 5.74) is 12.9. The third-order valence-corrected chi connectivity index (χ3v) is 3.10. The van der Waals surface area contributed by atoms with Gasteiger partial charge in [-0.3, -0.25) is 0 Å². The van der Waals surface area contributed by atoms with Gasteiger partial charge in [0.2, 0.25) is 0 Å². The Morgan fingerprint density at radius 3 is 2.50 bits per heavy atom. The van der Waals surface area contributed by atoms with E-state index in [0.29, 0.717) is 6.54 Å². The lowest BCUT2D eigenvalue weighted by molar-refractivity contribution is 0.264. The monoisotopic (exact) mass is 222 g/mol. The van der Waals surface area contributed by atoms with Crippen LogP contribution in [0.3, 0.4) is 0 Å². The number of methoxy groups -OCH3 is 1. The van der Waals surface area contributed by atoms with E-state index in [1.165, 1.54) is 0 Å². The van der Waals surface area contributed by atoms with E-state index in [9.17, 15) is 0 Å². The fourth-order valence-electron chi connectivity index (χ4n) is 1.87. The molecule has 0 aromatic heterocycles. The molecule has 1 aromatic rings. The second kappa shape index (κ2) is 5.32. The van der Waals surface area contributed by atoms with Crippen molar-refractivity contribution >= 4 is 0 Å². The predicted octanol–water partition coefficient (Wildman–Crippen LogP) is 2.07. The van der Waals surface area contributed by atoms with Gasteiger partial charge in [0, 0.05) is 11.6 Å². The van der Waals surface area contributed by atoms with Crippen LogP contribution in [0.1, 0.15) is 31.9 Å². The number of nitrogens with two attached hydrogens (primary N) is 2. The summed E-state index contributed by atoms with van der Waals surface area (Å²) in [6, 6.07) is 7.82. The molecule has 0 fully saturated rings. The SMILES string of the molecule is COc1ccccc1C(N)C(C)(C)CCN. The van der Waals surface area contributed by atoms with Crippen LogP contribution in [-0.4, -0.2) is 13.7 Å². The van der Waals surface area contributed by atoms with Gasteiger partial charge in [0.1, 0.15) is 5.75 Å². The van der Waals surface area contributed by atoms with Crippen LogP contribution in [0.2, 0.25) is 0 Å². The van der Waals surface area contributed by atoms with E-state index < -0.39 is 0 Å². The summed E-state index contributed by atoms with van der Waals surface area (Å²) < 4.78 is 5.33. The van der Waals surface area contributed by atoms with Crippen molar-refractivity contribution in [3.8, 4) is 5.75 Å². The molecule has 3 nitrogen and oxygen atoms in total. The lowest BCUT2D eigenvalue weighted by Crippen LogP contribution is -2.31. The highest BCUT2D eigenvalue weighted by atomic mass is 16.5. The van der Waals surface area contributed by atoms with Crippen LogP contribution in [0, 0.1) is 5.41 Å². The molecule has 90 valence electrons. The molecule has 0 radical (unpaired) electrons. The highest BCUT2D eigenvalue weighted by Gasteiger charge is 2.28. The van der Waals surface area contributed by atoms with Gasteiger partial charge in [-0.05, 0) is 24.4 Å². The summed E-state index contributed by atoms with van der Waals surface area (Å²) in [5.74, 6) is 0.847. The van der Waals surface area contributed by atoms with Gasteiger partial charge in [0.05, 0.1) is 7.11 Å². The Bertz CT molecular complexity index is 336. The molecule has 1 atom stereocenters. The molecule has 0 heterocycles. The number of ether oxygens (including phenoxy) is 1. The lowest BCUT2D eigenvalue weighted by atomic mass is 9.78. The average Bonchev–Trinajstić information content (AvgIpc) is 2.28. The standard InChI is InChI=1S/C13H22N2O/c1-13(2,8-9-14)12(15)10-6-4-5-7-11(10)16-3/h4-7,12H,8-9,14-15H2,1-3H3. The van der Waals surface area contributed by atoms with Crippen molar-refractivity contribution in [2.24, 2.45) is 16.9 Å². The summed E-state index contributed by atoms with van der Waals surface area (Å²) in [6.45, 7) is 4.92. The van der Waals surface area contributed by atoms with E-state index in [4.69, 9.17) is 16.2 Å². The molecule has 0 bridgehead atoms. The van der Waals surface area contributed by atoms with Crippen molar-refractivity contribution in [3.05, 3.63) is 29.8 Å². The van der Waals surface area contributed by atoms with Gasteiger partial charge in [-0.1, -0.05) is 32.0 Å². The molecule has 0 aliphatic carbocycles. The third kappa shape index (κ3) is 2.74. The van der Waals surface area contributed by atoms with Gasteiger partial charge < -0.3 is 16.2 Å². The molecule has 1 aromatic carbocycles. The fourth-order valence-corrected chi connectivity index (χ4v) is 1.87. The number of benzene rings is 1. The van der Waals surface area contributed by atoms with E-state index in [-0.39, 0.29) is 11.5 Å². The van der Waals surface area contributed by atoms with Crippen molar-refractivity contribution in [1.29, 1.82) is 0 Å². The van der Waals surface area contributed by atoms with E-state index in [0.717, 1.165) is 17.7 Å². The molecule has 0 saturated carbocycles. The largest absolute Gasteiger partial charge is 0.496 e. The zero-order valence-corrected chi connectivity index (χ0v) is 10.4. The second-order valence-electron chi connectivity index (χ2n) is 4.75. The average molecular weight is 222 g/mol. The molecule has 0 aliphatic rings. The minimum absolute atomic E-state index is 0.0244. The van der Waals surface area contributed by atoms with Crippen molar-refractivity contribution in [2.75, 3.05) is 13.7 Å². The van der Waals surface area contributed by atoms with Gasteiger partial charge >= 0.3 is 0 Å². The molecule has 0 amide bonds. The van der Waals surface area contributed by atoms with Gasteiger partial charge in [-0.2, -0.15) is 0 Å². The van der Waals surface area contributed by atoms with Gasteiger partial charge in [0.15, 0.2) is 0 Å². The number of para-hydroxylation sites is 1. The van der Waals surface area contributed by atoms with Crippen LogP contribution in [0.5, 0.6) is 5.75 Å². The van der Waals surface area contributed by atoms with Gasteiger partial charge in [-0.15, -0.1) is 0 Å². The van der Waals surface area contributed by atoms with Crippen LogP contribution >= 0.6 is 0 Å². The Hall–Kier alpha value is -1.06. The second-order valence-corrected chi connectivity index (χ2v) is 4.75. The third-order valence-electron chi connectivity index (χ3n) is 3.10. The molecule has 0 spiro atoms. The van der Waals surface area contributed by atoms with E-state index >= 15 is 0 Å². The van der Waals surface area contributed by atoms with E-state index in [2.05, 4.69) is 13.8 Å². The first kappa shape index (κ1) is 13.0. The van der Waals surface area contributed by atoms with Gasteiger partial charge in [-0.25, -0.2) is 0 Å². The molecule has 0 aliphatic heterocycles. The van der Waals surface area contributed by atoms with Crippen LogP contribution < -0.4 is 16.2 Å². The van der Waals surface area contributed by atoms with Crippen LogP contribution in [0.4, 0.5) is 0 Å². The van der Waals surface area contributed by atoms with E-state index in [1.54, 1.807) is 7.11 Å². The number of hydrogen-bond acceptors (Lipinski definition) is 3. The summed E-state index contributed by atoms with van der Waals surface area (Å²) in [4.78, 5) is 0. The highest BCUT2D eigenvalue weighted by Crippen LogP contribution is 2.37. The quantitative estimate of drug-likeness (QED) is 0.801. The summed E-state index contributed by atoms with van der Waals surface area (Å²) >= 11 is 0. The summed E-state index contributed by atoms with van der Waals surface area (Å²) in [6.07, 6.45) is 0.895. The molecular weight excluding hydrogens is 200 g/mol. The zero-order valence-electron chi connectivity index (χ0n) is 10.4. The maximum Gasteiger partial charge on any atom is 0.123 e. The fraction of sp³-hybridized carbons (Fsp3) is 0.538. The molecule has 0 saturated heterocycles.